The molecular formula is C18H16N6O3. The Hall–Kier alpha value is -3.75. The molecule has 0 aliphatic rings. The Labute approximate surface area is 154 Å². The van der Waals surface area contributed by atoms with Gasteiger partial charge in [0.25, 0.3) is 5.89 Å². The molecule has 0 spiro atoms. The Kier molecular flexibility index (Phi) is 4.25. The number of carbonyl (C=O) groups is 1. The van der Waals surface area contributed by atoms with Crippen molar-refractivity contribution in [1.29, 1.82) is 0 Å². The molecule has 0 radical (unpaired) electrons. The normalized spacial score (nSPS) is 10.9. The zero-order chi connectivity index (χ0) is 18.8. The molecular weight excluding hydrogens is 348 g/mol. The van der Waals surface area contributed by atoms with Gasteiger partial charge in [-0.05, 0) is 43.3 Å². The maximum atomic E-state index is 12.4. The van der Waals surface area contributed by atoms with Crippen molar-refractivity contribution in [3.05, 3.63) is 54.2 Å². The summed E-state index contributed by atoms with van der Waals surface area (Å²) in [5.41, 5.74) is 2.03. The Balaban J connectivity index is 1.54. The van der Waals surface area contributed by atoms with Crippen molar-refractivity contribution in [2.45, 2.75) is 13.3 Å². The van der Waals surface area contributed by atoms with E-state index in [0.29, 0.717) is 28.9 Å². The molecule has 4 rings (SSSR count). The molecule has 1 amide bonds. The molecule has 136 valence electrons. The smallest absolute Gasteiger partial charge is 0.259 e. The lowest BCUT2D eigenvalue weighted by Gasteiger charge is -2.06. The van der Waals surface area contributed by atoms with Crippen molar-refractivity contribution >= 4 is 17.2 Å². The molecule has 0 fully saturated rings. The average molecular weight is 364 g/mol. The highest BCUT2D eigenvalue weighted by molar-refractivity contribution is 5.92. The molecule has 0 aliphatic heterocycles. The van der Waals surface area contributed by atoms with Gasteiger partial charge in [0.2, 0.25) is 5.91 Å². The Morgan fingerprint density at radius 2 is 2.00 bits per heavy atom. The molecule has 0 unspecified atom stereocenters. The van der Waals surface area contributed by atoms with Crippen molar-refractivity contribution in [3.63, 3.8) is 0 Å². The van der Waals surface area contributed by atoms with Gasteiger partial charge in [-0.2, -0.15) is 4.98 Å². The highest BCUT2D eigenvalue weighted by Gasteiger charge is 2.14. The molecule has 0 atom stereocenters. The number of nitrogens with one attached hydrogen (secondary N) is 1. The van der Waals surface area contributed by atoms with Crippen LogP contribution >= 0.6 is 0 Å². The molecule has 3 heterocycles. The molecule has 9 heteroatoms. The minimum atomic E-state index is -0.200. The second kappa shape index (κ2) is 6.87. The SMILES string of the molecule is COc1ccc(NC(=O)Cc2nnc3ccc(-c4nc(C)no4)cn23)cc1. The third kappa shape index (κ3) is 3.47. The minimum Gasteiger partial charge on any atom is -0.497 e. The van der Waals surface area contributed by atoms with Crippen LogP contribution in [0.15, 0.2) is 47.1 Å². The lowest BCUT2D eigenvalue weighted by Crippen LogP contribution is -2.16. The highest BCUT2D eigenvalue weighted by Crippen LogP contribution is 2.19. The highest BCUT2D eigenvalue weighted by atomic mass is 16.5. The van der Waals surface area contributed by atoms with Crippen LogP contribution in [0.5, 0.6) is 5.75 Å². The van der Waals surface area contributed by atoms with E-state index in [0.717, 1.165) is 11.3 Å². The lowest BCUT2D eigenvalue weighted by atomic mass is 10.2. The second-order valence-corrected chi connectivity index (χ2v) is 5.86. The van der Waals surface area contributed by atoms with Gasteiger partial charge in [-0.25, -0.2) is 0 Å². The van der Waals surface area contributed by atoms with E-state index in [1.165, 1.54) is 0 Å². The van der Waals surface area contributed by atoms with Gasteiger partial charge in [-0.15, -0.1) is 10.2 Å². The summed E-state index contributed by atoms with van der Waals surface area (Å²) in [6, 6.07) is 10.7. The van der Waals surface area contributed by atoms with E-state index in [1.807, 2.05) is 6.07 Å². The summed E-state index contributed by atoms with van der Waals surface area (Å²) in [6.07, 6.45) is 1.85. The molecule has 27 heavy (non-hydrogen) atoms. The number of hydrogen-bond acceptors (Lipinski definition) is 7. The third-order valence-corrected chi connectivity index (χ3v) is 3.94. The Morgan fingerprint density at radius 3 is 2.70 bits per heavy atom. The summed E-state index contributed by atoms with van der Waals surface area (Å²) >= 11 is 0. The van der Waals surface area contributed by atoms with Crippen LogP contribution in [-0.2, 0) is 11.2 Å². The Bertz CT molecular complexity index is 1100. The zero-order valence-electron chi connectivity index (χ0n) is 14.7. The van der Waals surface area contributed by atoms with Gasteiger partial charge < -0.3 is 14.6 Å². The lowest BCUT2D eigenvalue weighted by molar-refractivity contribution is -0.115. The molecule has 4 aromatic rings. The van der Waals surface area contributed by atoms with Gasteiger partial charge in [0.15, 0.2) is 11.5 Å². The van der Waals surface area contributed by atoms with E-state index in [1.54, 1.807) is 55.0 Å². The first-order valence-corrected chi connectivity index (χ1v) is 8.20. The van der Waals surface area contributed by atoms with E-state index in [2.05, 4.69) is 25.7 Å². The molecule has 0 saturated heterocycles. The molecule has 0 aliphatic carbocycles. The third-order valence-electron chi connectivity index (χ3n) is 3.94. The molecule has 9 nitrogen and oxygen atoms in total. The number of anilines is 1. The molecule has 0 bridgehead atoms. The van der Waals surface area contributed by atoms with Crippen LogP contribution in [0.4, 0.5) is 5.69 Å². The number of hydrogen-bond donors (Lipinski definition) is 1. The van der Waals surface area contributed by atoms with Crippen molar-refractivity contribution in [1.82, 2.24) is 24.7 Å². The van der Waals surface area contributed by atoms with E-state index in [9.17, 15) is 4.79 Å². The average Bonchev–Trinajstić information content (AvgIpc) is 3.28. The quantitative estimate of drug-likeness (QED) is 0.579. The number of pyridine rings is 1. The van der Waals surface area contributed by atoms with Crippen molar-refractivity contribution in [3.8, 4) is 17.2 Å². The second-order valence-electron chi connectivity index (χ2n) is 5.86. The summed E-state index contributed by atoms with van der Waals surface area (Å²) < 4.78 is 12.0. The molecule has 1 N–H and O–H groups in total. The number of benzene rings is 1. The molecule has 1 aromatic carbocycles. The van der Waals surface area contributed by atoms with Crippen LogP contribution in [-0.4, -0.2) is 37.8 Å². The topological polar surface area (TPSA) is 107 Å². The number of carbonyl (C=O) groups excluding carboxylic acids is 1. The number of aryl methyl sites for hydroxylation is 1. The Morgan fingerprint density at radius 1 is 1.19 bits per heavy atom. The number of nitrogens with zero attached hydrogens (tertiary/aromatic N) is 5. The first kappa shape index (κ1) is 16.7. The maximum absolute atomic E-state index is 12.4. The number of rotatable bonds is 5. The van der Waals surface area contributed by atoms with Crippen molar-refractivity contribution < 1.29 is 14.1 Å². The summed E-state index contributed by atoms with van der Waals surface area (Å²) in [5.74, 6) is 1.98. The van der Waals surface area contributed by atoms with Crippen molar-refractivity contribution in [2.75, 3.05) is 12.4 Å². The maximum Gasteiger partial charge on any atom is 0.259 e. The van der Waals surface area contributed by atoms with Crippen molar-refractivity contribution in [2.24, 2.45) is 0 Å². The summed E-state index contributed by atoms with van der Waals surface area (Å²) in [5, 5.41) is 14.8. The van der Waals surface area contributed by atoms with Crippen LogP contribution in [0.25, 0.3) is 17.1 Å². The number of methoxy groups -OCH3 is 1. The van der Waals surface area contributed by atoms with Crippen LogP contribution in [0.3, 0.4) is 0 Å². The molecule has 3 aromatic heterocycles. The predicted octanol–water partition coefficient (Wildman–Crippen LogP) is 2.28. The van der Waals surface area contributed by atoms with Crippen LogP contribution in [0.2, 0.25) is 0 Å². The van der Waals surface area contributed by atoms with Gasteiger partial charge in [0, 0.05) is 11.9 Å². The van der Waals surface area contributed by atoms with E-state index < -0.39 is 0 Å². The number of ether oxygens (including phenoxy) is 1. The first-order chi connectivity index (χ1) is 13.1. The number of fused-ring (bicyclic) bond motifs is 1. The van der Waals surface area contributed by atoms with Gasteiger partial charge in [-0.3, -0.25) is 9.20 Å². The van der Waals surface area contributed by atoms with Crippen LogP contribution in [0.1, 0.15) is 11.6 Å². The van der Waals surface area contributed by atoms with Gasteiger partial charge >= 0.3 is 0 Å². The van der Waals surface area contributed by atoms with E-state index in [-0.39, 0.29) is 12.3 Å². The van der Waals surface area contributed by atoms with Crippen LogP contribution < -0.4 is 10.1 Å². The minimum absolute atomic E-state index is 0.0690. The zero-order valence-corrected chi connectivity index (χ0v) is 14.7. The molecule has 0 saturated carbocycles. The summed E-state index contributed by atoms with van der Waals surface area (Å²) in [4.78, 5) is 16.6. The number of aromatic nitrogens is 5. The summed E-state index contributed by atoms with van der Waals surface area (Å²) in [7, 11) is 1.59. The summed E-state index contributed by atoms with van der Waals surface area (Å²) in [6.45, 7) is 1.75. The van der Waals surface area contributed by atoms with Gasteiger partial charge in [-0.1, -0.05) is 5.16 Å². The first-order valence-electron chi connectivity index (χ1n) is 8.20. The van der Waals surface area contributed by atoms with E-state index >= 15 is 0 Å². The van der Waals surface area contributed by atoms with Gasteiger partial charge in [0.1, 0.15) is 11.6 Å². The fourth-order valence-corrected chi connectivity index (χ4v) is 2.62. The number of amides is 1. The van der Waals surface area contributed by atoms with Gasteiger partial charge in [0.05, 0.1) is 19.1 Å². The standard InChI is InChI=1S/C18H16N6O3/c1-11-19-18(27-23-11)12-3-8-15-21-22-16(24(15)10-12)9-17(25)20-13-4-6-14(26-2)7-5-13/h3-8,10H,9H2,1-2H3,(H,20,25). The van der Waals surface area contributed by atoms with E-state index in [4.69, 9.17) is 9.26 Å². The monoisotopic (exact) mass is 364 g/mol. The fourth-order valence-electron chi connectivity index (χ4n) is 2.62. The fraction of sp³-hybridized carbons (Fsp3) is 0.167. The van der Waals surface area contributed by atoms with Crippen LogP contribution in [0, 0.1) is 6.92 Å². The predicted molar refractivity (Wildman–Crippen MR) is 96.3 cm³/mol. The largest absolute Gasteiger partial charge is 0.497 e.